The molecule has 1 unspecified atom stereocenters. The maximum absolute atomic E-state index is 3.98. The highest BCUT2D eigenvalue weighted by Gasteiger charge is 2.18. The Kier molecular flexibility index (Phi) is 5.00. The van der Waals surface area contributed by atoms with Crippen LogP contribution >= 0.6 is 0 Å². The van der Waals surface area contributed by atoms with Crippen LogP contribution in [-0.2, 0) is 0 Å². The second-order valence-electron chi connectivity index (χ2n) is 5.29. The lowest BCUT2D eigenvalue weighted by molar-refractivity contribution is 0.267. The van der Waals surface area contributed by atoms with Gasteiger partial charge in [0.15, 0.2) is 0 Å². The van der Waals surface area contributed by atoms with Crippen LogP contribution < -0.4 is 5.32 Å². The summed E-state index contributed by atoms with van der Waals surface area (Å²) < 4.78 is 0. The van der Waals surface area contributed by atoms with Gasteiger partial charge in [0, 0.05) is 12.2 Å². The van der Waals surface area contributed by atoms with E-state index in [0.717, 1.165) is 30.0 Å². The van der Waals surface area contributed by atoms with Crippen molar-refractivity contribution < 1.29 is 0 Å². The van der Waals surface area contributed by atoms with Gasteiger partial charge in [0.2, 0.25) is 0 Å². The van der Waals surface area contributed by atoms with Gasteiger partial charge in [0.1, 0.15) is 0 Å². The van der Waals surface area contributed by atoms with Crippen molar-refractivity contribution in [1.29, 1.82) is 0 Å². The molecule has 1 atom stereocenters. The van der Waals surface area contributed by atoms with Gasteiger partial charge in [-0.25, -0.2) is 0 Å². The molecular formula is C13H25N3. The fourth-order valence-corrected chi connectivity index (χ4v) is 2.17. The first kappa shape index (κ1) is 13.2. The molecule has 0 radical (unpaired) electrons. The molecule has 16 heavy (non-hydrogen) atoms. The van der Waals surface area contributed by atoms with Crippen LogP contribution in [0.3, 0.4) is 0 Å². The highest BCUT2D eigenvalue weighted by Crippen LogP contribution is 2.20. The van der Waals surface area contributed by atoms with Crippen molar-refractivity contribution in [2.75, 3.05) is 6.54 Å². The second kappa shape index (κ2) is 6.04. The van der Waals surface area contributed by atoms with Crippen molar-refractivity contribution in [3.8, 4) is 0 Å². The van der Waals surface area contributed by atoms with Crippen LogP contribution in [0.4, 0.5) is 0 Å². The first-order valence-corrected chi connectivity index (χ1v) is 6.25. The Bertz CT molecular complexity index is 269. The molecule has 0 saturated heterocycles. The number of nitrogens with one attached hydrogen (secondary N) is 2. The molecule has 0 aliphatic heterocycles. The van der Waals surface area contributed by atoms with Crippen LogP contribution in [0, 0.1) is 17.8 Å². The number of aromatic amines is 1. The number of nitrogens with zero attached hydrogens (tertiary/aromatic N) is 1. The summed E-state index contributed by atoms with van der Waals surface area (Å²) in [5, 5.41) is 10.6. The fourth-order valence-electron chi connectivity index (χ4n) is 2.17. The second-order valence-corrected chi connectivity index (χ2v) is 5.29. The highest BCUT2D eigenvalue weighted by molar-refractivity contribution is 5.02. The van der Waals surface area contributed by atoms with Gasteiger partial charge in [0.05, 0.1) is 5.69 Å². The van der Waals surface area contributed by atoms with E-state index in [4.69, 9.17) is 0 Å². The molecule has 3 heteroatoms. The highest BCUT2D eigenvalue weighted by atomic mass is 15.1. The first-order chi connectivity index (χ1) is 7.52. The average Bonchev–Trinajstić information content (AvgIpc) is 2.69. The van der Waals surface area contributed by atoms with E-state index in [1.165, 1.54) is 0 Å². The third-order valence-corrected chi connectivity index (χ3v) is 3.36. The van der Waals surface area contributed by atoms with Crippen LogP contribution in [0.5, 0.6) is 0 Å². The normalized spacial score (nSPS) is 14.0. The fraction of sp³-hybridized carbons (Fsp3) is 0.769. The van der Waals surface area contributed by atoms with Crippen molar-refractivity contribution in [1.82, 2.24) is 15.5 Å². The summed E-state index contributed by atoms with van der Waals surface area (Å²) in [5.74, 6) is 2.17. The summed E-state index contributed by atoms with van der Waals surface area (Å²) in [7, 11) is 0. The van der Waals surface area contributed by atoms with Crippen LogP contribution in [0.25, 0.3) is 0 Å². The standard InChI is InChI=1S/C13H25N3/c1-9(2)12(10(3)4)8-14-11(5)13-6-7-15-16-13/h6-7,9-12,14H,8H2,1-5H3,(H,15,16). The molecule has 1 heterocycles. The van der Waals surface area contributed by atoms with Crippen molar-refractivity contribution in [2.45, 2.75) is 40.7 Å². The van der Waals surface area contributed by atoms with Crippen molar-refractivity contribution in [3.63, 3.8) is 0 Å². The predicted molar refractivity (Wildman–Crippen MR) is 68.2 cm³/mol. The van der Waals surface area contributed by atoms with E-state index in [0.29, 0.717) is 6.04 Å². The molecule has 0 amide bonds. The van der Waals surface area contributed by atoms with Crippen LogP contribution in [0.1, 0.15) is 46.4 Å². The molecule has 0 saturated carbocycles. The third kappa shape index (κ3) is 3.63. The zero-order valence-electron chi connectivity index (χ0n) is 11.1. The van der Waals surface area contributed by atoms with E-state index in [1.807, 2.05) is 6.07 Å². The Labute approximate surface area is 99.0 Å². The van der Waals surface area contributed by atoms with Gasteiger partial charge in [-0.3, -0.25) is 5.10 Å². The molecule has 92 valence electrons. The van der Waals surface area contributed by atoms with Gasteiger partial charge in [-0.1, -0.05) is 27.7 Å². The van der Waals surface area contributed by atoms with E-state index in [-0.39, 0.29) is 0 Å². The monoisotopic (exact) mass is 223 g/mol. The molecule has 2 N–H and O–H groups in total. The Hall–Kier alpha value is -0.830. The Morgan fingerprint density at radius 1 is 1.19 bits per heavy atom. The van der Waals surface area contributed by atoms with Crippen molar-refractivity contribution in [2.24, 2.45) is 17.8 Å². The van der Waals surface area contributed by atoms with Crippen LogP contribution in [-0.4, -0.2) is 16.7 Å². The third-order valence-electron chi connectivity index (χ3n) is 3.36. The lowest BCUT2D eigenvalue weighted by Crippen LogP contribution is -2.31. The zero-order chi connectivity index (χ0) is 12.1. The molecule has 1 aromatic heterocycles. The van der Waals surface area contributed by atoms with E-state index >= 15 is 0 Å². The summed E-state index contributed by atoms with van der Waals surface area (Å²) in [6.45, 7) is 12.4. The molecule has 1 rings (SSSR count). The summed E-state index contributed by atoms with van der Waals surface area (Å²) in [4.78, 5) is 0. The lowest BCUT2D eigenvalue weighted by atomic mass is 9.85. The minimum absolute atomic E-state index is 0.350. The predicted octanol–water partition coefficient (Wildman–Crippen LogP) is 2.99. The zero-order valence-corrected chi connectivity index (χ0v) is 11.1. The molecule has 0 fully saturated rings. The van der Waals surface area contributed by atoms with Gasteiger partial charge >= 0.3 is 0 Å². The smallest absolute Gasteiger partial charge is 0.0518 e. The van der Waals surface area contributed by atoms with E-state index in [1.54, 1.807) is 6.20 Å². The van der Waals surface area contributed by atoms with Gasteiger partial charge in [-0.15, -0.1) is 0 Å². The topological polar surface area (TPSA) is 40.7 Å². The minimum Gasteiger partial charge on any atom is -0.309 e. The van der Waals surface area contributed by atoms with E-state index in [9.17, 15) is 0 Å². The number of hydrogen-bond acceptors (Lipinski definition) is 2. The average molecular weight is 223 g/mol. The molecule has 0 aliphatic carbocycles. The SMILES string of the molecule is CC(NCC(C(C)C)C(C)C)c1ccn[nH]1. The molecule has 0 aliphatic rings. The molecular weight excluding hydrogens is 198 g/mol. The van der Waals surface area contributed by atoms with Gasteiger partial charge in [0.25, 0.3) is 0 Å². The quantitative estimate of drug-likeness (QED) is 0.778. The summed E-state index contributed by atoms with van der Waals surface area (Å²) in [6, 6.07) is 2.37. The van der Waals surface area contributed by atoms with Gasteiger partial charge in [-0.2, -0.15) is 5.10 Å². The van der Waals surface area contributed by atoms with Crippen molar-refractivity contribution in [3.05, 3.63) is 18.0 Å². The number of hydrogen-bond donors (Lipinski definition) is 2. The number of aromatic nitrogens is 2. The molecule has 1 aromatic rings. The summed E-state index contributed by atoms with van der Waals surface area (Å²) >= 11 is 0. The molecule has 3 nitrogen and oxygen atoms in total. The molecule has 0 aromatic carbocycles. The van der Waals surface area contributed by atoms with E-state index < -0.39 is 0 Å². The summed E-state index contributed by atoms with van der Waals surface area (Å²) in [6.07, 6.45) is 1.80. The van der Waals surface area contributed by atoms with Crippen LogP contribution in [0.2, 0.25) is 0 Å². The van der Waals surface area contributed by atoms with Crippen molar-refractivity contribution >= 4 is 0 Å². The first-order valence-electron chi connectivity index (χ1n) is 6.25. The molecule has 0 spiro atoms. The lowest BCUT2D eigenvalue weighted by Gasteiger charge is -2.26. The Morgan fingerprint density at radius 2 is 1.81 bits per heavy atom. The van der Waals surface area contributed by atoms with Gasteiger partial charge in [-0.05, 0) is 37.3 Å². The maximum atomic E-state index is 3.98. The number of H-pyrrole nitrogens is 1. The van der Waals surface area contributed by atoms with Crippen LogP contribution in [0.15, 0.2) is 12.3 Å². The summed E-state index contributed by atoms with van der Waals surface area (Å²) in [5.41, 5.74) is 1.16. The molecule has 0 bridgehead atoms. The van der Waals surface area contributed by atoms with Gasteiger partial charge < -0.3 is 5.32 Å². The maximum Gasteiger partial charge on any atom is 0.0518 e. The Balaban J connectivity index is 2.43. The largest absolute Gasteiger partial charge is 0.309 e. The Morgan fingerprint density at radius 3 is 2.25 bits per heavy atom. The van der Waals surface area contributed by atoms with E-state index in [2.05, 4.69) is 50.1 Å². The number of rotatable bonds is 6. The minimum atomic E-state index is 0.350.